The van der Waals surface area contributed by atoms with Gasteiger partial charge in [0.05, 0.1) is 30.3 Å². The van der Waals surface area contributed by atoms with Crippen molar-refractivity contribution >= 4 is 0 Å². The van der Waals surface area contributed by atoms with Crippen molar-refractivity contribution in [1.82, 2.24) is 19.9 Å². The Bertz CT molecular complexity index is 1340. The Kier molecular flexibility index (Phi) is 7.63. The topological polar surface area (TPSA) is 63.3 Å². The van der Waals surface area contributed by atoms with Crippen molar-refractivity contribution in [2.45, 2.75) is 26.7 Å². The summed E-state index contributed by atoms with van der Waals surface area (Å²) in [5.74, 6) is 1.58. The van der Waals surface area contributed by atoms with Gasteiger partial charge in [0.25, 0.3) is 0 Å². The van der Waals surface area contributed by atoms with Crippen LogP contribution in [0.15, 0.2) is 60.7 Å². The fraction of sp³-hybridized carbons (Fsp3) is 0.333. The SMILES string of the molecule is Cc1cccc(-c2[nH]c(C(C)C)nc2-c2ccc(F)c(-c3ccc(OCCN4CCOCC4)cc3)c2)n1. The smallest absolute Gasteiger partial charge is 0.131 e. The van der Waals surface area contributed by atoms with Crippen LogP contribution in [-0.4, -0.2) is 59.3 Å². The molecule has 0 bridgehead atoms. The summed E-state index contributed by atoms with van der Waals surface area (Å²) >= 11 is 0. The fourth-order valence-corrected chi connectivity index (χ4v) is 4.48. The van der Waals surface area contributed by atoms with Gasteiger partial charge in [-0.15, -0.1) is 0 Å². The summed E-state index contributed by atoms with van der Waals surface area (Å²) in [4.78, 5) is 15.4. The highest BCUT2D eigenvalue weighted by molar-refractivity contribution is 5.80. The molecule has 4 aromatic rings. The van der Waals surface area contributed by atoms with E-state index in [0.717, 1.165) is 78.3 Å². The molecule has 7 heteroatoms. The average molecular weight is 501 g/mol. The quantitative estimate of drug-likeness (QED) is 0.317. The summed E-state index contributed by atoms with van der Waals surface area (Å²) in [6.45, 7) is 11.1. The molecule has 37 heavy (non-hydrogen) atoms. The molecule has 0 saturated carbocycles. The van der Waals surface area contributed by atoms with E-state index in [1.165, 1.54) is 6.07 Å². The van der Waals surface area contributed by atoms with Gasteiger partial charge in [0, 0.05) is 42.4 Å². The van der Waals surface area contributed by atoms with E-state index in [1.807, 2.05) is 55.5 Å². The number of aromatic amines is 1. The van der Waals surface area contributed by atoms with E-state index in [4.69, 9.17) is 19.4 Å². The highest BCUT2D eigenvalue weighted by Crippen LogP contribution is 2.35. The van der Waals surface area contributed by atoms with E-state index in [1.54, 1.807) is 6.07 Å². The van der Waals surface area contributed by atoms with E-state index < -0.39 is 0 Å². The van der Waals surface area contributed by atoms with Gasteiger partial charge in [-0.05, 0) is 55.0 Å². The van der Waals surface area contributed by atoms with Crippen molar-refractivity contribution in [3.05, 3.63) is 78.0 Å². The average Bonchev–Trinajstić information content (AvgIpc) is 3.36. The molecule has 192 valence electrons. The molecule has 1 aliphatic heterocycles. The van der Waals surface area contributed by atoms with Gasteiger partial charge < -0.3 is 14.5 Å². The number of hydrogen-bond acceptors (Lipinski definition) is 5. The Labute approximate surface area is 217 Å². The molecule has 0 unspecified atom stereocenters. The van der Waals surface area contributed by atoms with E-state index >= 15 is 4.39 Å². The monoisotopic (exact) mass is 500 g/mol. The first-order chi connectivity index (χ1) is 18.0. The van der Waals surface area contributed by atoms with E-state index in [0.29, 0.717) is 12.2 Å². The van der Waals surface area contributed by atoms with E-state index in [9.17, 15) is 0 Å². The zero-order chi connectivity index (χ0) is 25.8. The number of aromatic nitrogens is 3. The van der Waals surface area contributed by atoms with Crippen molar-refractivity contribution in [2.24, 2.45) is 0 Å². The summed E-state index contributed by atoms with van der Waals surface area (Å²) in [5.41, 5.74) is 5.50. The molecule has 0 spiro atoms. The highest BCUT2D eigenvalue weighted by Gasteiger charge is 2.19. The van der Waals surface area contributed by atoms with Gasteiger partial charge in [-0.2, -0.15) is 0 Å². The maximum absolute atomic E-state index is 15.0. The third-order valence-electron chi connectivity index (χ3n) is 6.60. The van der Waals surface area contributed by atoms with Crippen LogP contribution in [0.1, 0.15) is 31.3 Å². The van der Waals surface area contributed by atoms with Gasteiger partial charge >= 0.3 is 0 Å². The zero-order valence-electron chi connectivity index (χ0n) is 21.6. The van der Waals surface area contributed by atoms with Gasteiger partial charge in [-0.25, -0.2) is 9.37 Å². The number of aryl methyl sites for hydroxylation is 1. The van der Waals surface area contributed by atoms with Crippen LogP contribution in [0.4, 0.5) is 4.39 Å². The summed E-state index contributed by atoms with van der Waals surface area (Å²) in [6, 6.07) is 18.7. The lowest BCUT2D eigenvalue weighted by molar-refractivity contribution is 0.0322. The minimum absolute atomic E-state index is 0.216. The van der Waals surface area contributed by atoms with Crippen LogP contribution in [0.2, 0.25) is 0 Å². The van der Waals surface area contributed by atoms with Gasteiger partial charge in [0.2, 0.25) is 0 Å². The molecular formula is C30H33FN4O2. The van der Waals surface area contributed by atoms with Crippen LogP contribution in [-0.2, 0) is 4.74 Å². The second-order valence-corrected chi connectivity index (χ2v) is 9.69. The van der Waals surface area contributed by atoms with Gasteiger partial charge in [-0.3, -0.25) is 9.88 Å². The van der Waals surface area contributed by atoms with Crippen molar-refractivity contribution in [1.29, 1.82) is 0 Å². The molecule has 1 aliphatic rings. The molecule has 1 N–H and O–H groups in total. The maximum atomic E-state index is 15.0. The van der Waals surface area contributed by atoms with Crippen molar-refractivity contribution in [3.63, 3.8) is 0 Å². The Hall–Kier alpha value is -3.55. The zero-order valence-corrected chi connectivity index (χ0v) is 21.6. The molecule has 3 heterocycles. The molecule has 0 amide bonds. The van der Waals surface area contributed by atoms with Crippen LogP contribution in [0.5, 0.6) is 5.75 Å². The Morgan fingerprint density at radius 2 is 1.76 bits per heavy atom. The molecule has 0 radical (unpaired) electrons. The van der Waals surface area contributed by atoms with Crippen LogP contribution in [0.25, 0.3) is 33.8 Å². The predicted molar refractivity (Wildman–Crippen MR) is 144 cm³/mol. The van der Waals surface area contributed by atoms with Gasteiger partial charge in [0.15, 0.2) is 0 Å². The lowest BCUT2D eigenvalue weighted by Gasteiger charge is -2.26. The predicted octanol–water partition coefficient (Wildman–Crippen LogP) is 6.09. The molecular weight excluding hydrogens is 467 g/mol. The number of nitrogens with zero attached hydrogens (tertiary/aromatic N) is 3. The van der Waals surface area contributed by atoms with Gasteiger partial charge in [-0.1, -0.05) is 32.0 Å². The minimum Gasteiger partial charge on any atom is -0.492 e. The highest BCUT2D eigenvalue weighted by atomic mass is 19.1. The van der Waals surface area contributed by atoms with Crippen LogP contribution >= 0.6 is 0 Å². The number of rotatable bonds is 8. The van der Waals surface area contributed by atoms with Crippen molar-refractivity contribution in [2.75, 3.05) is 39.5 Å². The molecule has 5 rings (SSSR count). The first-order valence-electron chi connectivity index (χ1n) is 12.8. The number of nitrogens with one attached hydrogen (secondary N) is 1. The van der Waals surface area contributed by atoms with Crippen LogP contribution in [0.3, 0.4) is 0 Å². The maximum Gasteiger partial charge on any atom is 0.131 e. The fourth-order valence-electron chi connectivity index (χ4n) is 4.48. The second kappa shape index (κ2) is 11.2. The first-order valence-corrected chi connectivity index (χ1v) is 12.8. The summed E-state index contributed by atoms with van der Waals surface area (Å²) in [6.07, 6.45) is 0. The van der Waals surface area contributed by atoms with Crippen LogP contribution in [0, 0.1) is 12.7 Å². The van der Waals surface area contributed by atoms with Crippen molar-refractivity contribution in [3.8, 4) is 39.5 Å². The number of morpholine rings is 1. The molecule has 1 fully saturated rings. The van der Waals surface area contributed by atoms with Gasteiger partial charge in [0.1, 0.15) is 24.0 Å². The largest absolute Gasteiger partial charge is 0.492 e. The molecule has 6 nitrogen and oxygen atoms in total. The normalized spacial score (nSPS) is 14.3. The third kappa shape index (κ3) is 5.89. The van der Waals surface area contributed by atoms with E-state index in [2.05, 4.69) is 23.7 Å². The number of benzene rings is 2. The first kappa shape index (κ1) is 25.1. The molecule has 0 aliphatic carbocycles. The molecule has 2 aromatic heterocycles. The Morgan fingerprint density at radius 1 is 1.00 bits per heavy atom. The second-order valence-electron chi connectivity index (χ2n) is 9.69. The number of pyridine rings is 1. The number of hydrogen-bond donors (Lipinski definition) is 1. The summed E-state index contributed by atoms with van der Waals surface area (Å²) < 4.78 is 26.3. The Balaban J connectivity index is 1.39. The standard InChI is InChI=1S/C30H33FN4O2/c1-20(2)30-33-28(29(34-30)27-6-4-5-21(3)32-27)23-9-12-26(31)25(19-23)22-7-10-24(11-8-22)37-18-15-35-13-16-36-17-14-35/h4-12,19-20H,13-18H2,1-3H3,(H,33,34). The molecule has 1 saturated heterocycles. The number of H-pyrrole nitrogens is 1. The lowest BCUT2D eigenvalue weighted by atomic mass is 9.99. The van der Waals surface area contributed by atoms with E-state index in [-0.39, 0.29) is 11.7 Å². The van der Waals surface area contributed by atoms with Crippen molar-refractivity contribution < 1.29 is 13.9 Å². The van der Waals surface area contributed by atoms with Crippen LogP contribution < -0.4 is 4.74 Å². The third-order valence-corrected chi connectivity index (χ3v) is 6.60. The lowest BCUT2D eigenvalue weighted by Crippen LogP contribution is -2.38. The molecule has 0 atom stereocenters. The Morgan fingerprint density at radius 3 is 2.49 bits per heavy atom. The number of imidazole rings is 1. The molecule has 2 aromatic carbocycles. The number of halogens is 1. The number of ether oxygens (including phenoxy) is 2. The summed E-state index contributed by atoms with van der Waals surface area (Å²) in [5, 5.41) is 0. The minimum atomic E-state index is -0.278. The summed E-state index contributed by atoms with van der Waals surface area (Å²) in [7, 11) is 0.